The molecule has 1 aliphatic carbocycles. The molecule has 1 N–H and O–H groups in total. The van der Waals surface area contributed by atoms with Gasteiger partial charge in [0.2, 0.25) is 11.9 Å². The highest BCUT2D eigenvalue weighted by atomic mass is 19.4. The molecular formula is C26H33F3N6O4. The number of hydrogen-bond donors (Lipinski definition) is 1. The van der Waals surface area contributed by atoms with E-state index in [1.165, 1.54) is 18.3 Å². The number of rotatable bonds is 9. The van der Waals surface area contributed by atoms with Crippen molar-refractivity contribution in [3.8, 4) is 11.3 Å². The summed E-state index contributed by atoms with van der Waals surface area (Å²) in [5.74, 6) is 0.0164. The fraction of sp³-hybridized carbons (Fsp3) is 0.577. The summed E-state index contributed by atoms with van der Waals surface area (Å²) in [5.41, 5.74) is 0.243. The van der Waals surface area contributed by atoms with E-state index in [-0.39, 0.29) is 37.2 Å². The molecule has 1 aromatic carbocycles. The summed E-state index contributed by atoms with van der Waals surface area (Å²) in [6.07, 6.45) is 0.187. The Morgan fingerprint density at radius 3 is 2.38 bits per heavy atom. The maximum atomic E-state index is 12.8. The summed E-state index contributed by atoms with van der Waals surface area (Å²) in [4.78, 5) is 32.6. The van der Waals surface area contributed by atoms with Crippen LogP contribution in [0.5, 0.6) is 0 Å². The topological polar surface area (TPSA) is 110 Å². The van der Waals surface area contributed by atoms with Gasteiger partial charge in [0.25, 0.3) is 0 Å². The first-order valence-corrected chi connectivity index (χ1v) is 13.1. The maximum Gasteiger partial charge on any atom is 0.416 e. The van der Waals surface area contributed by atoms with Crippen molar-refractivity contribution in [2.45, 2.75) is 50.9 Å². The Morgan fingerprint density at radius 2 is 1.74 bits per heavy atom. The second kappa shape index (κ2) is 13.2. The van der Waals surface area contributed by atoms with E-state index in [4.69, 9.17) is 9.47 Å². The van der Waals surface area contributed by atoms with Crippen molar-refractivity contribution in [3.05, 3.63) is 36.0 Å². The number of halogens is 3. The van der Waals surface area contributed by atoms with E-state index >= 15 is 0 Å². The minimum absolute atomic E-state index is 0.00472. The molecule has 13 heteroatoms. The van der Waals surface area contributed by atoms with Crippen molar-refractivity contribution in [2.75, 3.05) is 50.8 Å². The summed E-state index contributed by atoms with van der Waals surface area (Å²) >= 11 is 0. The van der Waals surface area contributed by atoms with E-state index in [1.54, 1.807) is 6.92 Å². The van der Waals surface area contributed by atoms with Crippen molar-refractivity contribution in [3.63, 3.8) is 0 Å². The van der Waals surface area contributed by atoms with Crippen molar-refractivity contribution in [1.82, 2.24) is 25.4 Å². The molecule has 0 spiro atoms. The third-order valence-electron chi connectivity index (χ3n) is 6.86. The molecule has 2 fully saturated rings. The summed E-state index contributed by atoms with van der Waals surface area (Å²) in [7, 11) is 0. The van der Waals surface area contributed by atoms with Gasteiger partial charge in [0.1, 0.15) is 6.61 Å². The number of carbonyl (C=O) groups is 2. The van der Waals surface area contributed by atoms with Gasteiger partial charge in [0.15, 0.2) is 0 Å². The second-order valence-corrected chi connectivity index (χ2v) is 9.64. The van der Waals surface area contributed by atoms with E-state index in [0.29, 0.717) is 50.0 Å². The molecular weight excluding hydrogens is 517 g/mol. The molecule has 212 valence electrons. The SMILES string of the molecule is CCOC(=O)COC1CCC(NC(=O)CN2CCN(c3nncc(-c4ccc(C(F)(F)F)cc4)n3)CC2)CC1. The smallest absolute Gasteiger partial charge is 0.416 e. The Labute approximate surface area is 224 Å². The number of carbonyl (C=O) groups excluding carboxylic acids is 2. The van der Waals surface area contributed by atoms with Crippen molar-refractivity contribution in [2.24, 2.45) is 0 Å². The van der Waals surface area contributed by atoms with Crippen LogP contribution < -0.4 is 10.2 Å². The molecule has 2 aromatic rings. The highest BCUT2D eigenvalue weighted by Gasteiger charge is 2.30. The maximum absolute atomic E-state index is 12.8. The van der Waals surface area contributed by atoms with Crippen LogP contribution in [-0.4, -0.2) is 90.0 Å². The first-order chi connectivity index (χ1) is 18.7. The molecule has 10 nitrogen and oxygen atoms in total. The van der Waals surface area contributed by atoms with Crippen LogP contribution in [0.15, 0.2) is 30.5 Å². The van der Waals surface area contributed by atoms with Crippen LogP contribution in [0.2, 0.25) is 0 Å². The first-order valence-electron chi connectivity index (χ1n) is 13.1. The number of amides is 1. The van der Waals surface area contributed by atoms with Gasteiger partial charge in [-0.05, 0) is 44.7 Å². The molecule has 1 amide bonds. The number of benzene rings is 1. The number of anilines is 1. The molecule has 39 heavy (non-hydrogen) atoms. The number of aromatic nitrogens is 3. The lowest BCUT2D eigenvalue weighted by Crippen LogP contribution is -2.51. The van der Waals surface area contributed by atoms with Crippen LogP contribution in [0, 0.1) is 0 Å². The van der Waals surface area contributed by atoms with E-state index in [0.717, 1.165) is 37.8 Å². The summed E-state index contributed by atoms with van der Waals surface area (Å²) in [5, 5.41) is 11.2. The second-order valence-electron chi connectivity index (χ2n) is 9.64. The number of hydrogen-bond acceptors (Lipinski definition) is 9. The van der Waals surface area contributed by atoms with Gasteiger partial charge in [0, 0.05) is 37.8 Å². The molecule has 1 aliphatic heterocycles. The number of nitrogens with zero attached hydrogens (tertiary/aromatic N) is 5. The van der Waals surface area contributed by atoms with E-state index < -0.39 is 11.7 Å². The molecule has 1 aromatic heterocycles. The average Bonchev–Trinajstić information content (AvgIpc) is 2.93. The van der Waals surface area contributed by atoms with Crippen molar-refractivity contribution >= 4 is 17.8 Å². The van der Waals surface area contributed by atoms with E-state index in [1.807, 2.05) is 4.90 Å². The molecule has 2 heterocycles. The van der Waals surface area contributed by atoms with Gasteiger partial charge in [0.05, 0.1) is 36.7 Å². The lowest BCUT2D eigenvalue weighted by Gasteiger charge is -2.35. The zero-order valence-corrected chi connectivity index (χ0v) is 21.8. The highest BCUT2D eigenvalue weighted by Crippen LogP contribution is 2.30. The van der Waals surface area contributed by atoms with Crippen LogP contribution >= 0.6 is 0 Å². The Kier molecular flexibility index (Phi) is 9.68. The zero-order chi connectivity index (χ0) is 27.8. The van der Waals surface area contributed by atoms with Gasteiger partial charge in [-0.1, -0.05) is 12.1 Å². The summed E-state index contributed by atoms with van der Waals surface area (Å²) < 4.78 is 49.0. The van der Waals surface area contributed by atoms with Gasteiger partial charge in [-0.25, -0.2) is 9.78 Å². The molecule has 0 bridgehead atoms. The highest BCUT2D eigenvalue weighted by molar-refractivity contribution is 5.78. The molecule has 0 unspecified atom stereocenters. The van der Waals surface area contributed by atoms with Crippen LogP contribution in [0.1, 0.15) is 38.2 Å². The Bertz CT molecular complexity index is 1100. The summed E-state index contributed by atoms with van der Waals surface area (Å²) in [6.45, 7) is 4.79. The van der Waals surface area contributed by atoms with Crippen LogP contribution in [0.4, 0.5) is 19.1 Å². The number of nitrogens with one attached hydrogen (secondary N) is 1. The van der Waals surface area contributed by atoms with Gasteiger partial charge >= 0.3 is 12.1 Å². The van der Waals surface area contributed by atoms with Gasteiger partial charge in [-0.3, -0.25) is 9.69 Å². The van der Waals surface area contributed by atoms with Gasteiger partial charge < -0.3 is 19.7 Å². The van der Waals surface area contributed by atoms with Crippen molar-refractivity contribution < 1.29 is 32.2 Å². The number of alkyl halides is 3. The number of esters is 1. The third-order valence-corrected chi connectivity index (χ3v) is 6.86. The molecule has 1 saturated heterocycles. The predicted octanol–water partition coefficient (Wildman–Crippen LogP) is 2.69. The minimum atomic E-state index is -4.40. The van der Waals surface area contributed by atoms with Crippen LogP contribution in [0.3, 0.4) is 0 Å². The van der Waals surface area contributed by atoms with E-state index in [9.17, 15) is 22.8 Å². The molecule has 0 atom stereocenters. The largest absolute Gasteiger partial charge is 0.464 e. The zero-order valence-electron chi connectivity index (χ0n) is 21.8. The normalized spacial score (nSPS) is 20.5. The monoisotopic (exact) mass is 550 g/mol. The lowest BCUT2D eigenvalue weighted by molar-refractivity contribution is -0.151. The molecule has 1 saturated carbocycles. The number of ether oxygens (including phenoxy) is 2. The Balaban J connectivity index is 1.19. The molecule has 4 rings (SSSR count). The first kappa shape index (κ1) is 28.7. The lowest BCUT2D eigenvalue weighted by atomic mass is 9.93. The van der Waals surface area contributed by atoms with Gasteiger partial charge in [-0.2, -0.15) is 18.3 Å². The molecule has 2 aliphatic rings. The fourth-order valence-corrected chi connectivity index (χ4v) is 4.74. The minimum Gasteiger partial charge on any atom is -0.464 e. The third kappa shape index (κ3) is 8.33. The van der Waals surface area contributed by atoms with Crippen molar-refractivity contribution in [1.29, 1.82) is 0 Å². The van der Waals surface area contributed by atoms with Crippen LogP contribution in [-0.2, 0) is 25.2 Å². The summed E-state index contributed by atoms with van der Waals surface area (Å²) in [6, 6.07) is 4.87. The predicted molar refractivity (Wildman–Crippen MR) is 136 cm³/mol. The van der Waals surface area contributed by atoms with Crippen LogP contribution in [0.25, 0.3) is 11.3 Å². The average molecular weight is 551 g/mol. The number of piperazine rings is 1. The fourth-order valence-electron chi connectivity index (χ4n) is 4.74. The van der Waals surface area contributed by atoms with E-state index in [2.05, 4.69) is 25.4 Å². The quantitative estimate of drug-likeness (QED) is 0.472. The van der Waals surface area contributed by atoms with Gasteiger partial charge in [-0.15, -0.1) is 5.10 Å². The standard InChI is InChI=1S/C26H33F3N6O4/c1-2-38-24(37)17-39-21-9-7-20(8-10-21)31-23(36)16-34-11-13-35(14-12-34)25-32-22(15-30-33-25)18-3-5-19(6-4-18)26(27,28)29/h3-6,15,20-21H,2,7-14,16-17H2,1H3,(H,31,36). The Morgan fingerprint density at radius 1 is 1.05 bits per heavy atom. The Hall–Kier alpha value is -3.32. The molecule has 0 radical (unpaired) electrons.